The fourth-order valence-corrected chi connectivity index (χ4v) is 2.05. The first kappa shape index (κ1) is 15.5. The molecule has 4 nitrogen and oxygen atoms in total. The number of carbonyl (C=O) groups excluding carboxylic acids is 1. The number of aryl methyl sites for hydroxylation is 1. The highest BCUT2D eigenvalue weighted by atomic mass is 16.5. The maximum Gasteiger partial charge on any atom is 0.238 e. The van der Waals surface area contributed by atoms with Crippen LogP contribution in [-0.4, -0.2) is 25.1 Å². The molecule has 1 rings (SSSR count). The molecule has 4 heteroatoms. The summed E-state index contributed by atoms with van der Waals surface area (Å²) in [7, 11) is 0. The molecular weight excluding hydrogens is 240 g/mol. The van der Waals surface area contributed by atoms with Crippen LogP contribution in [0.5, 0.6) is 5.75 Å². The van der Waals surface area contributed by atoms with Gasteiger partial charge in [0.2, 0.25) is 5.91 Å². The van der Waals surface area contributed by atoms with Gasteiger partial charge in [-0.15, -0.1) is 0 Å². The molecular formula is C15H24N2O2. The average Bonchev–Trinajstić information content (AvgIpc) is 2.33. The van der Waals surface area contributed by atoms with Crippen molar-refractivity contribution >= 4 is 5.91 Å². The van der Waals surface area contributed by atoms with Crippen LogP contribution in [0.1, 0.15) is 37.8 Å². The molecule has 0 radical (unpaired) electrons. The summed E-state index contributed by atoms with van der Waals surface area (Å²) in [6.07, 6.45) is 0. The fraction of sp³-hybridized carbons (Fsp3) is 0.533. The van der Waals surface area contributed by atoms with Crippen LogP contribution >= 0.6 is 0 Å². The predicted octanol–water partition coefficient (Wildman–Crippen LogP) is 1.96. The Kier molecular flexibility index (Phi) is 5.83. The van der Waals surface area contributed by atoms with E-state index in [1.165, 1.54) is 11.1 Å². The van der Waals surface area contributed by atoms with Gasteiger partial charge < -0.3 is 15.8 Å². The molecule has 0 aliphatic rings. The molecule has 1 aromatic carbocycles. The summed E-state index contributed by atoms with van der Waals surface area (Å²) in [6, 6.07) is 5.56. The zero-order chi connectivity index (χ0) is 14.4. The topological polar surface area (TPSA) is 64.3 Å². The van der Waals surface area contributed by atoms with Crippen molar-refractivity contribution in [2.75, 3.05) is 13.2 Å². The monoisotopic (exact) mass is 264 g/mol. The highest BCUT2D eigenvalue weighted by molar-refractivity contribution is 5.80. The summed E-state index contributed by atoms with van der Waals surface area (Å²) in [5.41, 5.74) is 7.81. The molecule has 0 spiro atoms. The zero-order valence-corrected chi connectivity index (χ0v) is 12.2. The number of hydrogen-bond acceptors (Lipinski definition) is 3. The van der Waals surface area contributed by atoms with E-state index < -0.39 is 11.9 Å². The molecule has 106 valence electrons. The molecule has 19 heavy (non-hydrogen) atoms. The third-order valence-electron chi connectivity index (χ3n) is 3.07. The average molecular weight is 264 g/mol. The van der Waals surface area contributed by atoms with Gasteiger partial charge in [0.25, 0.3) is 0 Å². The minimum Gasteiger partial charge on any atom is -0.491 e. The Labute approximate surface area is 115 Å². The number of amides is 1. The van der Waals surface area contributed by atoms with Crippen LogP contribution in [0.25, 0.3) is 0 Å². The number of hydrogen-bond donors (Lipinski definition) is 2. The predicted molar refractivity (Wildman–Crippen MR) is 77.4 cm³/mol. The second kappa shape index (κ2) is 7.14. The Morgan fingerprint density at radius 3 is 2.58 bits per heavy atom. The van der Waals surface area contributed by atoms with Crippen LogP contribution in [0.2, 0.25) is 0 Å². The number of rotatable bonds is 7. The summed E-state index contributed by atoms with van der Waals surface area (Å²) in [6.45, 7) is 9.26. The number of likely N-dealkylation sites (N-methyl/N-ethyl adjacent to an activating group) is 1. The minimum atomic E-state index is -0.449. The molecule has 1 amide bonds. The van der Waals surface area contributed by atoms with Gasteiger partial charge in [-0.2, -0.15) is 0 Å². The van der Waals surface area contributed by atoms with Gasteiger partial charge in [0.15, 0.2) is 0 Å². The lowest BCUT2D eigenvalue weighted by Gasteiger charge is -2.16. The van der Waals surface area contributed by atoms with Crippen molar-refractivity contribution in [3.63, 3.8) is 0 Å². The van der Waals surface area contributed by atoms with Crippen molar-refractivity contribution in [1.82, 2.24) is 5.32 Å². The lowest BCUT2D eigenvalue weighted by Crippen LogP contribution is -2.45. The maximum absolute atomic E-state index is 11.2. The van der Waals surface area contributed by atoms with Gasteiger partial charge in [-0.05, 0) is 42.6 Å². The van der Waals surface area contributed by atoms with E-state index in [0.717, 1.165) is 5.75 Å². The van der Waals surface area contributed by atoms with E-state index in [0.29, 0.717) is 12.5 Å². The van der Waals surface area contributed by atoms with Crippen molar-refractivity contribution in [2.45, 2.75) is 39.7 Å². The molecule has 0 aliphatic heterocycles. The molecule has 1 unspecified atom stereocenters. The van der Waals surface area contributed by atoms with E-state index in [1.807, 2.05) is 19.1 Å². The van der Waals surface area contributed by atoms with E-state index in [2.05, 4.69) is 32.2 Å². The van der Waals surface area contributed by atoms with Crippen molar-refractivity contribution in [3.05, 3.63) is 29.3 Å². The van der Waals surface area contributed by atoms with Gasteiger partial charge >= 0.3 is 0 Å². The minimum absolute atomic E-state index is 0.254. The Hall–Kier alpha value is -1.55. The number of nitrogens with two attached hydrogens (primary N) is 1. The molecule has 3 N–H and O–H groups in total. The smallest absolute Gasteiger partial charge is 0.238 e. The van der Waals surface area contributed by atoms with E-state index in [4.69, 9.17) is 10.5 Å². The van der Waals surface area contributed by atoms with Crippen LogP contribution < -0.4 is 15.8 Å². The van der Waals surface area contributed by atoms with Gasteiger partial charge in [0, 0.05) is 0 Å². The van der Waals surface area contributed by atoms with E-state index in [-0.39, 0.29) is 6.61 Å². The first-order valence-corrected chi connectivity index (χ1v) is 6.71. The van der Waals surface area contributed by atoms with Gasteiger partial charge in [0.1, 0.15) is 18.4 Å². The number of ether oxygens (including phenoxy) is 1. The molecule has 1 aromatic rings. The maximum atomic E-state index is 11.2. The van der Waals surface area contributed by atoms with Crippen molar-refractivity contribution < 1.29 is 9.53 Å². The van der Waals surface area contributed by atoms with Crippen LogP contribution in [0.4, 0.5) is 0 Å². The number of benzene rings is 1. The van der Waals surface area contributed by atoms with Crippen LogP contribution in [0.3, 0.4) is 0 Å². The normalized spacial score (nSPS) is 12.5. The lowest BCUT2D eigenvalue weighted by atomic mass is 9.98. The van der Waals surface area contributed by atoms with Crippen LogP contribution in [-0.2, 0) is 4.79 Å². The van der Waals surface area contributed by atoms with Crippen molar-refractivity contribution in [2.24, 2.45) is 5.73 Å². The second-order valence-corrected chi connectivity index (χ2v) is 5.00. The second-order valence-electron chi connectivity index (χ2n) is 5.00. The van der Waals surface area contributed by atoms with Crippen LogP contribution in [0, 0.1) is 6.92 Å². The lowest BCUT2D eigenvalue weighted by molar-refractivity contribution is -0.120. The summed E-state index contributed by atoms with van der Waals surface area (Å²) in [4.78, 5) is 11.2. The summed E-state index contributed by atoms with van der Waals surface area (Å²) in [5, 5.41) is 3.00. The summed E-state index contributed by atoms with van der Waals surface area (Å²) >= 11 is 0. The molecule has 0 saturated heterocycles. The first-order chi connectivity index (χ1) is 8.95. The molecule has 0 aromatic heterocycles. The van der Waals surface area contributed by atoms with Crippen molar-refractivity contribution in [1.29, 1.82) is 0 Å². The van der Waals surface area contributed by atoms with E-state index >= 15 is 0 Å². The quantitative estimate of drug-likeness (QED) is 0.791. The Morgan fingerprint density at radius 1 is 1.42 bits per heavy atom. The fourth-order valence-electron chi connectivity index (χ4n) is 2.05. The molecule has 0 fully saturated rings. The third kappa shape index (κ3) is 4.56. The Bertz CT molecular complexity index is 430. The van der Waals surface area contributed by atoms with Gasteiger partial charge in [0.05, 0.1) is 0 Å². The number of primary amides is 1. The van der Waals surface area contributed by atoms with Gasteiger partial charge in [-0.25, -0.2) is 0 Å². The highest BCUT2D eigenvalue weighted by Gasteiger charge is 2.14. The van der Waals surface area contributed by atoms with E-state index in [9.17, 15) is 4.79 Å². The van der Waals surface area contributed by atoms with Crippen molar-refractivity contribution in [3.8, 4) is 5.75 Å². The molecule has 0 bridgehead atoms. The molecule has 0 heterocycles. The molecule has 0 aliphatic carbocycles. The van der Waals surface area contributed by atoms with E-state index in [1.54, 1.807) is 0 Å². The molecule has 0 saturated carbocycles. The number of carbonyl (C=O) groups is 1. The third-order valence-corrected chi connectivity index (χ3v) is 3.07. The Morgan fingerprint density at radius 2 is 2.11 bits per heavy atom. The first-order valence-electron chi connectivity index (χ1n) is 6.71. The summed E-state index contributed by atoms with van der Waals surface area (Å²) < 4.78 is 5.63. The van der Waals surface area contributed by atoms with Gasteiger partial charge in [-0.1, -0.05) is 26.8 Å². The SMILES string of the molecule is CCNC(COc1ccc(C(C)C)c(C)c1)C(N)=O. The largest absolute Gasteiger partial charge is 0.491 e. The Balaban J connectivity index is 2.67. The zero-order valence-electron chi connectivity index (χ0n) is 12.2. The summed E-state index contributed by atoms with van der Waals surface area (Å²) in [5.74, 6) is 0.873. The number of nitrogens with one attached hydrogen (secondary N) is 1. The standard InChI is InChI=1S/C15H24N2O2/c1-5-17-14(15(16)18)9-19-12-6-7-13(10(2)3)11(4)8-12/h6-8,10,14,17H,5,9H2,1-4H3,(H2,16,18). The highest BCUT2D eigenvalue weighted by Crippen LogP contribution is 2.23. The molecule has 1 atom stereocenters. The van der Waals surface area contributed by atoms with Crippen LogP contribution in [0.15, 0.2) is 18.2 Å². The van der Waals surface area contributed by atoms with Gasteiger partial charge in [-0.3, -0.25) is 4.79 Å².